The summed E-state index contributed by atoms with van der Waals surface area (Å²) in [6.45, 7) is 1.75. The normalized spacial score (nSPS) is 9.75. The number of hydrogen-bond acceptors (Lipinski definition) is 3. The Kier molecular flexibility index (Phi) is 2.23. The molecule has 0 saturated heterocycles. The number of imidazole rings is 1. The molecule has 0 saturated carbocycles. The Bertz CT molecular complexity index is 316. The molecule has 0 radical (unpaired) electrons. The second-order valence-corrected chi connectivity index (χ2v) is 2.43. The molecule has 1 aromatic heterocycles. The Hall–Kier alpha value is -1.65. The second-order valence-electron chi connectivity index (χ2n) is 2.43. The van der Waals surface area contributed by atoms with E-state index in [0.717, 1.165) is 5.69 Å². The van der Waals surface area contributed by atoms with Crippen LogP contribution < -0.4 is 5.73 Å². The van der Waals surface area contributed by atoms with Gasteiger partial charge in [0.15, 0.2) is 12.1 Å². The van der Waals surface area contributed by atoms with E-state index >= 15 is 0 Å². The predicted octanol–water partition coefficient (Wildman–Crippen LogP) is -0.511. The van der Waals surface area contributed by atoms with E-state index in [1.807, 2.05) is 0 Å². The van der Waals surface area contributed by atoms with Crippen LogP contribution in [0.5, 0.6) is 0 Å². The maximum absolute atomic E-state index is 10.5. The number of carbonyl (C=O) groups is 2. The number of aldehydes is 1. The number of aryl methyl sites for hydroxylation is 1. The van der Waals surface area contributed by atoms with Gasteiger partial charge in [-0.15, -0.1) is 0 Å². The van der Waals surface area contributed by atoms with Gasteiger partial charge in [-0.1, -0.05) is 0 Å². The molecule has 0 aliphatic rings. The van der Waals surface area contributed by atoms with E-state index in [1.54, 1.807) is 6.92 Å². The molecular formula is C7H9N3O2. The van der Waals surface area contributed by atoms with Gasteiger partial charge in [-0.3, -0.25) is 9.59 Å². The van der Waals surface area contributed by atoms with Gasteiger partial charge in [-0.05, 0) is 6.92 Å². The Balaban J connectivity index is 3.01. The summed E-state index contributed by atoms with van der Waals surface area (Å²) in [4.78, 5) is 24.7. The molecule has 0 atom stereocenters. The molecule has 5 heteroatoms. The van der Waals surface area contributed by atoms with Crippen LogP contribution in [0.2, 0.25) is 0 Å². The smallest absolute Gasteiger partial charge is 0.237 e. The third kappa shape index (κ3) is 1.50. The number of amides is 1. The van der Waals surface area contributed by atoms with Crippen LogP contribution >= 0.6 is 0 Å². The lowest BCUT2D eigenvalue weighted by atomic mass is 10.5. The van der Waals surface area contributed by atoms with Crippen LogP contribution in [0.1, 0.15) is 16.3 Å². The van der Waals surface area contributed by atoms with Gasteiger partial charge in [0.1, 0.15) is 6.54 Å². The highest BCUT2D eigenvalue weighted by Gasteiger charge is 2.06. The molecule has 0 bridgehead atoms. The highest BCUT2D eigenvalue weighted by molar-refractivity contribution is 5.76. The highest BCUT2D eigenvalue weighted by atomic mass is 16.1. The van der Waals surface area contributed by atoms with E-state index in [2.05, 4.69) is 4.98 Å². The number of nitrogens with zero attached hydrogens (tertiary/aromatic N) is 2. The summed E-state index contributed by atoms with van der Waals surface area (Å²) in [5.41, 5.74) is 5.72. The van der Waals surface area contributed by atoms with Crippen molar-refractivity contribution in [2.45, 2.75) is 13.5 Å². The number of nitrogens with two attached hydrogens (primary N) is 1. The zero-order valence-corrected chi connectivity index (χ0v) is 6.65. The van der Waals surface area contributed by atoms with Crippen LogP contribution in [0.15, 0.2) is 6.20 Å². The molecule has 5 nitrogen and oxygen atoms in total. The molecule has 0 fully saturated rings. The summed E-state index contributed by atoms with van der Waals surface area (Å²) in [6.07, 6.45) is 2.11. The first kappa shape index (κ1) is 8.45. The van der Waals surface area contributed by atoms with Crippen molar-refractivity contribution in [2.24, 2.45) is 5.73 Å². The van der Waals surface area contributed by atoms with Crippen molar-refractivity contribution in [3.05, 3.63) is 17.7 Å². The number of primary amides is 1. The Morgan fingerprint density at radius 2 is 2.50 bits per heavy atom. The van der Waals surface area contributed by atoms with Gasteiger partial charge in [-0.2, -0.15) is 0 Å². The number of carbonyl (C=O) groups excluding carboxylic acids is 2. The first-order chi connectivity index (χ1) is 5.65. The third-order valence-electron chi connectivity index (χ3n) is 1.51. The molecule has 0 aliphatic heterocycles. The molecule has 2 N–H and O–H groups in total. The van der Waals surface area contributed by atoms with Crippen molar-refractivity contribution in [3.63, 3.8) is 0 Å². The molecule has 1 amide bonds. The van der Waals surface area contributed by atoms with Crippen LogP contribution in [-0.2, 0) is 11.3 Å². The fraction of sp³-hybridized carbons (Fsp3) is 0.286. The Morgan fingerprint density at radius 3 is 3.00 bits per heavy atom. The zero-order valence-electron chi connectivity index (χ0n) is 6.65. The van der Waals surface area contributed by atoms with Crippen LogP contribution in [0.3, 0.4) is 0 Å². The summed E-state index contributed by atoms with van der Waals surface area (Å²) in [5, 5.41) is 0. The quantitative estimate of drug-likeness (QED) is 0.616. The zero-order chi connectivity index (χ0) is 9.14. The second kappa shape index (κ2) is 3.17. The Morgan fingerprint density at radius 1 is 1.83 bits per heavy atom. The van der Waals surface area contributed by atoms with Gasteiger partial charge in [0.05, 0.1) is 0 Å². The first-order valence-corrected chi connectivity index (χ1v) is 3.40. The highest BCUT2D eigenvalue weighted by Crippen LogP contribution is 2.00. The van der Waals surface area contributed by atoms with Crippen LogP contribution in [0.25, 0.3) is 0 Å². The summed E-state index contributed by atoms with van der Waals surface area (Å²) in [5.74, 6) is -0.259. The topological polar surface area (TPSA) is 78.0 Å². The monoisotopic (exact) mass is 167 g/mol. The number of rotatable bonds is 3. The minimum atomic E-state index is -0.487. The lowest BCUT2D eigenvalue weighted by Crippen LogP contribution is -2.20. The first-order valence-electron chi connectivity index (χ1n) is 3.40. The van der Waals surface area contributed by atoms with E-state index in [-0.39, 0.29) is 12.4 Å². The van der Waals surface area contributed by atoms with Crippen LogP contribution in [0.4, 0.5) is 0 Å². The fourth-order valence-electron chi connectivity index (χ4n) is 0.935. The SMILES string of the molecule is Cc1cnc(C=O)n1CC(N)=O. The van der Waals surface area contributed by atoms with E-state index < -0.39 is 5.91 Å². The molecule has 0 unspecified atom stereocenters. The summed E-state index contributed by atoms with van der Waals surface area (Å²) >= 11 is 0. The van der Waals surface area contributed by atoms with Crippen molar-refractivity contribution < 1.29 is 9.59 Å². The predicted molar refractivity (Wildman–Crippen MR) is 41.5 cm³/mol. The molecule has 64 valence electrons. The maximum atomic E-state index is 10.5. The minimum absolute atomic E-state index is 0.0000926. The molecular weight excluding hydrogens is 158 g/mol. The molecule has 12 heavy (non-hydrogen) atoms. The van der Waals surface area contributed by atoms with Gasteiger partial charge in [-0.25, -0.2) is 4.98 Å². The maximum Gasteiger partial charge on any atom is 0.237 e. The number of hydrogen-bond donors (Lipinski definition) is 1. The third-order valence-corrected chi connectivity index (χ3v) is 1.51. The minimum Gasteiger partial charge on any atom is -0.368 e. The van der Waals surface area contributed by atoms with Crippen LogP contribution in [0, 0.1) is 6.92 Å². The lowest BCUT2D eigenvalue weighted by molar-refractivity contribution is -0.118. The molecule has 1 rings (SSSR count). The van der Waals surface area contributed by atoms with Crippen molar-refractivity contribution in [3.8, 4) is 0 Å². The molecule has 1 heterocycles. The van der Waals surface area contributed by atoms with E-state index in [9.17, 15) is 9.59 Å². The van der Waals surface area contributed by atoms with Gasteiger partial charge < -0.3 is 10.3 Å². The van der Waals surface area contributed by atoms with Gasteiger partial charge >= 0.3 is 0 Å². The largest absolute Gasteiger partial charge is 0.368 e. The fourth-order valence-corrected chi connectivity index (χ4v) is 0.935. The average Bonchev–Trinajstić information content (AvgIpc) is 2.32. The summed E-state index contributed by atoms with van der Waals surface area (Å²) in [6, 6.07) is 0. The molecule has 1 aromatic rings. The molecule has 0 aliphatic carbocycles. The van der Waals surface area contributed by atoms with Gasteiger partial charge in [0, 0.05) is 11.9 Å². The number of aromatic nitrogens is 2. The van der Waals surface area contributed by atoms with Crippen molar-refractivity contribution in [1.29, 1.82) is 0 Å². The average molecular weight is 167 g/mol. The van der Waals surface area contributed by atoms with Gasteiger partial charge in [0.2, 0.25) is 5.91 Å². The lowest BCUT2D eigenvalue weighted by Gasteiger charge is -2.02. The van der Waals surface area contributed by atoms with Crippen molar-refractivity contribution in [2.75, 3.05) is 0 Å². The molecule has 0 spiro atoms. The summed E-state index contributed by atoms with van der Waals surface area (Å²) < 4.78 is 1.47. The van der Waals surface area contributed by atoms with E-state index in [4.69, 9.17) is 5.73 Å². The Labute approximate surface area is 69.2 Å². The standard InChI is InChI=1S/C7H9N3O2/c1-5-2-9-7(4-11)10(5)3-6(8)12/h2,4H,3H2,1H3,(H2,8,12). The summed E-state index contributed by atoms with van der Waals surface area (Å²) in [7, 11) is 0. The van der Waals surface area contributed by atoms with Crippen molar-refractivity contribution in [1.82, 2.24) is 9.55 Å². The van der Waals surface area contributed by atoms with Crippen LogP contribution in [-0.4, -0.2) is 21.7 Å². The van der Waals surface area contributed by atoms with E-state index in [1.165, 1.54) is 10.8 Å². The van der Waals surface area contributed by atoms with Gasteiger partial charge in [0.25, 0.3) is 0 Å². The van der Waals surface area contributed by atoms with Crippen molar-refractivity contribution >= 4 is 12.2 Å². The molecule has 0 aromatic carbocycles. The van der Waals surface area contributed by atoms with E-state index in [0.29, 0.717) is 6.29 Å².